The Kier molecular flexibility index (Phi) is 6.26. The fraction of sp³-hybridized carbons (Fsp3) is 0.148. The third-order valence-corrected chi connectivity index (χ3v) is 7.01. The first-order valence-electron chi connectivity index (χ1n) is 11.6. The lowest BCUT2D eigenvalue weighted by Gasteiger charge is -2.20. The van der Waals surface area contributed by atoms with Crippen LogP contribution >= 0.6 is 0 Å². The molecule has 0 fully saturated rings. The Bertz CT molecular complexity index is 1730. The van der Waals surface area contributed by atoms with Gasteiger partial charge in [0.05, 0.1) is 11.2 Å². The maximum Gasteiger partial charge on any atom is 0.286 e. The molecule has 0 atom stereocenters. The lowest BCUT2D eigenvalue weighted by atomic mass is 10.1. The van der Waals surface area contributed by atoms with E-state index in [0.717, 1.165) is 10.2 Å². The number of ether oxygens (including phenoxy) is 1. The number of nitrogens with zero attached hydrogens (tertiary/aromatic N) is 3. The van der Waals surface area contributed by atoms with Gasteiger partial charge in [-0.3, -0.25) is 4.79 Å². The van der Waals surface area contributed by atoms with Gasteiger partial charge in [-0.2, -0.15) is 18.2 Å². The van der Waals surface area contributed by atoms with Gasteiger partial charge in [-0.15, -0.1) is 4.40 Å². The molecular formula is C27H24N4O5S. The van der Waals surface area contributed by atoms with Crippen LogP contribution in [-0.4, -0.2) is 30.3 Å². The van der Waals surface area contributed by atoms with Crippen LogP contribution in [0.25, 0.3) is 10.9 Å². The van der Waals surface area contributed by atoms with E-state index in [9.17, 15) is 18.3 Å². The van der Waals surface area contributed by atoms with E-state index in [1.165, 1.54) is 12.1 Å². The van der Waals surface area contributed by atoms with Gasteiger partial charge in [0.25, 0.3) is 15.6 Å². The lowest BCUT2D eigenvalue weighted by molar-refractivity contribution is 0.305. The summed E-state index contributed by atoms with van der Waals surface area (Å²) in [6, 6.07) is 20.7. The normalized spacial score (nSPS) is 14.4. The molecule has 0 radical (unpaired) electrons. The zero-order valence-electron chi connectivity index (χ0n) is 20.1. The second kappa shape index (κ2) is 9.55. The molecule has 0 saturated carbocycles. The second-order valence-corrected chi connectivity index (χ2v) is 10.4. The molecule has 0 amide bonds. The summed E-state index contributed by atoms with van der Waals surface area (Å²) in [7, 11) is -4.22. The predicted octanol–water partition coefficient (Wildman–Crippen LogP) is 4.34. The SMILES string of the molecule is CC(C)C=Nn1c(=O)c(C2=NS(=O)(=O)c3cc(OCc4ccccc4)ccc3N2)c(O)c2ccccc21. The van der Waals surface area contributed by atoms with Crippen molar-refractivity contribution in [2.24, 2.45) is 15.4 Å². The number of hydrogen-bond donors (Lipinski definition) is 2. The van der Waals surface area contributed by atoms with Crippen molar-refractivity contribution in [3.63, 3.8) is 0 Å². The molecule has 0 bridgehead atoms. The number of anilines is 1. The van der Waals surface area contributed by atoms with Crippen molar-refractivity contribution in [1.82, 2.24) is 4.68 Å². The molecule has 4 aromatic rings. The highest BCUT2D eigenvalue weighted by atomic mass is 32.2. The van der Waals surface area contributed by atoms with Gasteiger partial charge in [-0.05, 0) is 35.7 Å². The maximum atomic E-state index is 13.5. The van der Waals surface area contributed by atoms with Crippen molar-refractivity contribution in [2.75, 3.05) is 5.32 Å². The number of aromatic hydroxyl groups is 1. The zero-order valence-corrected chi connectivity index (χ0v) is 20.9. The second-order valence-electron chi connectivity index (χ2n) is 8.84. The number of pyridine rings is 1. The number of aromatic nitrogens is 1. The van der Waals surface area contributed by atoms with E-state index < -0.39 is 15.6 Å². The highest BCUT2D eigenvalue weighted by Gasteiger charge is 2.30. The molecule has 37 heavy (non-hydrogen) atoms. The summed E-state index contributed by atoms with van der Waals surface area (Å²) in [6.07, 6.45) is 1.59. The Labute approximate surface area is 213 Å². The number of nitrogens with one attached hydrogen (secondary N) is 1. The standard InChI is InChI=1S/C27H24N4O5S/c1-17(2)15-28-31-22-11-7-6-10-20(22)25(32)24(27(31)33)26-29-21-13-12-19(14-23(21)37(34,35)30-26)36-16-18-8-4-3-5-9-18/h3-15,17,32H,16H2,1-2H3,(H,29,30). The highest BCUT2D eigenvalue weighted by Crippen LogP contribution is 2.34. The molecule has 10 heteroatoms. The largest absolute Gasteiger partial charge is 0.506 e. The first-order chi connectivity index (χ1) is 17.7. The van der Waals surface area contributed by atoms with Gasteiger partial charge in [0.15, 0.2) is 5.84 Å². The van der Waals surface area contributed by atoms with Crippen LogP contribution < -0.4 is 15.6 Å². The van der Waals surface area contributed by atoms with Crippen molar-refractivity contribution in [1.29, 1.82) is 0 Å². The summed E-state index contributed by atoms with van der Waals surface area (Å²) in [5.41, 5.74) is 0.524. The molecule has 1 aromatic heterocycles. The van der Waals surface area contributed by atoms with Gasteiger partial charge in [-0.1, -0.05) is 56.3 Å². The third kappa shape index (κ3) is 4.70. The maximum absolute atomic E-state index is 13.5. The van der Waals surface area contributed by atoms with E-state index in [0.29, 0.717) is 16.7 Å². The summed E-state index contributed by atoms with van der Waals surface area (Å²) < 4.78 is 37.1. The zero-order chi connectivity index (χ0) is 26.2. The van der Waals surface area contributed by atoms with Crippen LogP contribution in [0.15, 0.2) is 92.0 Å². The summed E-state index contributed by atoms with van der Waals surface area (Å²) in [5, 5.41) is 18.5. The van der Waals surface area contributed by atoms with Gasteiger partial charge < -0.3 is 15.2 Å². The van der Waals surface area contributed by atoms with Crippen LogP contribution in [0.4, 0.5) is 5.69 Å². The molecule has 2 N–H and O–H groups in total. The fourth-order valence-corrected chi connectivity index (χ4v) is 5.05. The number of sulfonamides is 1. The molecule has 0 saturated heterocycles. The molecule has 1 aliphatic rings. The molecule has 5 rings (SSSR count). The quantitative estimate of drug-likeness (QED) is 0.368. The lowest BCUT2D eigenvalue weighted by Crippen LogP contribution is -2.31. The van der Waals surface area contributed by atoms with E-state index in [-0.39, 0.29) is 40.3 Å². The topological polar surface area (TPSA) is 122 Å². The van der Waals surface area contributed by atoms with Crippen molar-refractivity contribution in [3.05, 3.63) is 94.3 Å². The highest BCUT2D eigenvalue weighted by molar-refractivity contribution is 7.90. The number of rotatable bonds is 6. The Balaban J connectivity index is 1.57. The van der Waals surface area contributed by atoms with Gasteiger partial charge in [0, 0.05) is 17.7 Å². The number of para-hydroxylation sites is 1. The Morgan fingerprint density at radius 3 is 2.57 bits per heavy atom. The van der Waals surface area contributed by atoms with E-state index in [2.05, 4.69) is 14.8 Å². The molecule has 0 unspecified atom stereocenters. The average Bonchev–Trinajstić information content (AvgIpc) is 2.88. The third-order valence-electron chi connectivity index (χ3n) is 5.69. The predicted molar refractivity (Wildman–Crippen MR) is 143 cm³/mol. The van der Waals surface area contributed by atoms with Crippen LogP contribution in [0.2, 0.25) is 0 Å². The average molecular weight is 517 g/mol. The summed E-state index contributed by atoms with van der Waals surface area (Å²) >= 11 is 0. The van der Waals surface area contributed by atoms with E-state index in [1.54, 1.807) is 36.5 Å². The molecule has 188 valence electrons. The van der Waals surface area contributed by atoms with Crippen LogP contribution in [0.1, 0.15) is 25.0 Å². The number of amidine groups is 1. The minimum absolute atomic E-state index is 0.0543. The number of fused-ring (bicyclic) bond motifs is 2. The van der Waals surface area contributed by atoms with E-state index >= 15 is 0 Å². The van der Waals surface area contributed by atoms with Crippen molar-refractivity contribution in [3.8, 4) is 11.5 Å². The van der Waals surface area contributed by atoms with Crippen molar-refractivity contribution >= 4 is 38.7 Å². The molecular weight excluding hydrogens is 492 g/mol. The fourth-order valence-electron chi connectivity index (χ4n) is 3.92. The molecule has 0 spiro atoms. The van der Waals surface area contributed by atoms with Crippen LogP contribution in [0.3, 0.4) is 0 Å². The summed E-state index contributed by atoms with van der Waals surface area (Å²) in [6.45, 7) is 4.08. The van der Waals surface area contributed by atoms with Crippen molar-refractivity contribution in [2.45, 2.75) is 25.3 Å². The first-order valence-corrected chi connectivity index (χ1v) is 13.0. The monoisotopic (exact) mass is 516 g/mol. The van der Waals surface area contributed by atoms with E-state index in [4.69, 9.17) is 4.74 Å². The number of hydrogen-bond acceptors (Lipinski definition) is 7. The Morgan fingerprint density at radius 1 is 1.08 bits per heavy atom. The van der Waals surface area contributed by atoms with Gasteiger partial charge in [-0.25, -0.2) is 0 Å². The van der Waals surface area contributed by atoms with Gasteiger partial charge in [0.1, 0.15) is 28.6 Å². The summed E-state index contributed by atoms with van der Waals surface area (Å²) in [4.78, 5) is 13.4. The molecule has 3 aromatic carbocycles. The van der Waals surface area contributed by atoms with Crippen LogP contribution in [0.5, 0.6) is 11.5 Å². The molecule has 0 aliphatic carbocycles. The van der Waals surface area contributed by atoms with Crippen LogP contribution in [0, 0.1) is 5.92 Å². The molecule has 9 nitrogen and oxygen atoms in total. The van der Waals surface area contributed by atoms with E-state index in [1.807, 2.05) is 44.2 Å². The summed E-state index contributed by atoms with van der Waals surface area (Å²) in [5.74, 6) is -0.263. The Morgan fingerprint density at radius 2 is 1.81 bits per heavy atom. The first kappa shape index (κ1) is 24.3. The smallest absolute Gasteiger partial charge is 0.286 e. The minimum Gasteiger partial charge on any atom is -0.506 e. The molecule has 2 heterocycles. The van der Waals surface area contributed by atoms with Gasteiger partial charge in [0.2, 0.25) is 0 Å². The Hall–Kier alpha value is -4.44. The molecule has 1 aliphatic heterocycles. The minimum atomic E-state index is -4.22. The van der Waals surface area contributed by atoms with Crippen molar-refractivity contribution < 1.29 is 18.3 Å². The van der Waals surface area contributed by atoms with Gasteiger partial charge >= 0.3 is 0 Å². The number of benzene rings is 3. The van der Waals surface area contributed by atoms with Crippen LogP contribution in [-0.2, 0) is 16.6 Å².